The molecular formula is C27H24N4O3. The Kier molecular flexibility index (Phi) is 5.67. The number of carbonyl (C=O) groups is 2. The van der Waals surface area contributed by atoms with Crippen LogP contribution in [0.4, 0.5) is 11.4 Å². The van der Waals surface area contributed by atoms with E-state index < -0.39 is 5.92 Å². The van der Waals surface area contributed by atoms with E-state index in [-0.39, 0.29) is 18.2 Å². The van der Waals surface area contributed by atoms with E-state index in [2.05, 4.69) is 15.5 Å². The van der Waals surface area contributed by atoms with Crippen molar-refractivity contribution in [3.05, 3.63) is 83.9 Å². The summed E-state index contributed by atoms with van der Waals surface area (Å²) in [5.74, 6) is 0.215. The van der Waals surface area contributed by atoms with Crippen molar-refractivity contribution in [1.29, 1.82) is 0 Å². The van der Waals surface area contributed by atoms with Crippen LogP contribution in [0.1, 0.15) is 17.5 Å². The number of hydrogen-bond acceptors (Lipinski definition) is 5. The molecule has 2 amide bonds. The van der Waals surface area contributed by atoms with Crippen LogP contribution in [0.2, 0.25) is 0 Å². The van der Waals surface area contributed by atoms with Crippen molar-refractivity contribution < 1.29 is 14.1 Å². The highest BCUT2D eigenvalue weighted by molar-refractivity contribution is 6.03. The highest BCUT2D eigenvalue weighted by Gasteiger charge is 2.35. The first kappa shape index (κ1) is 21.6. The predicted molar refractivity (Wildman–Crippen MR) is 130 cm³/mol. The molecule has 4 aromatic rings. The highest BCUT2D eigenvalue weighted by Crippen LogP contribution is 2.28. The number of carbonyl (C=O) groups excluding carboxylic acids is 2. The Morgan fingerprint density at radius 1 is 0.971 bits per heavy atom. The van der Waals surface area contributed by atoms with E-state index in [1.807, 2.05) is 74.5 Å². The lowest BCUT2D eigenvalue weighted by molar-refractivity contribution is -0.122. The van der Waals surface area contributed by atoms with Crippen LogP contribution in [-0.4, -0.2) is 28.5 Å². The number of nitrogens with zero attached hydrogens (tertiary/aromatic N) is 3. The first-order chi connectivity index (χ1) is 16.5. The molecule has 1 saturated heterocycles. The van der Waals surface area contributed by atoms with Gasteiger partial charge in [-0.3, -0.25) is 9.59 Å². The van der Waals surface area contributed by atoms with Gasteiger partial charge in [-0.2, -0.15) is 4.98 Å². The molecule has 7 heteroatoms. The second kappa shape index (κ2) is 8.94. The van der Waals surface area contributed by atoms with E-state index in [9.17, 15) is 9.59 Å². The Morgan fingerprint density at radius 2 is 1.76 bits per heavy atom. The molecule has 1 N–H and O–H groups in total. The number of aryl methyl sites for hydroxylation is 2. The van der Waals surface area contributed by atoms with Crippen molar-refractivity contribution >= 4 is 23.2 Å². The van der Waals surface area contributed by atoms with Crippen molar-refractivity contribution in [3.63, 3.8) is 0 Å². The zero-order valence-electron chi connectivity index (χ0n) is 19.0. The van der Waals surface area contributed by atoms with Crippen LogP contribution < -0.4 is 10.2 Å². The third-order valence-corrected chi connectivity index (χ3v) is 5.92. The molecule has 0 saturated carbocycles. The Balaban J connectivity index is 1.28. The van der Waals surface area contributed by atoms with Crippen molar-refractivity contribution in [2.24, 2.45) is 5.92 Å². The fourth-order valence-corrected chi connectivity index (χ4v) is 4.06. The zero-order valence-corrected chi connectivity index (χ0v) is 19.0. The third kappa shape index (κ3) is 4.45. The maximum Gasteiger partial charge on any atom is 0.258 e. The molecule has 7 nitrogen and oxygen atoms in total. The van der Waals surface area contributed by atoms with Crippen LogP contribution in [0.15, 0.2) is 77.3 Å². The van der Waals surface area contributed by atoms with Crippen LogP contribution in [0.5, 0.6) is 0 Å². The molecule has 1 aliphatic rings. The van der Waals surface area contributed by atoms with Gasteiger partial charge in [0.1, 0.15) is 0 Å². The first-order valence-corrected chi connectivity index (χ1v) is 11.2. The number of anilines is 2. The molecule has 3 aromatic carbocycles. The lowest BCUT2D eigenvalue weighted by Gasteiger charge is -2.17. The van der Waals surface area contributed by atoms with Crippen LogP contribution in [0.3, 0.4) is 0 Å². The second-order valence-corrected chi connectivity index (χ2v) is 8.60. The second-order valence-electron chi connectivity index (χ2n) is 8.60. The van der Waals surface area contributed by atoms with Crippen LogP contribution >= 0.6 is 0 Å². The monoisotopic (exact) mass is 452 g/mol. The van der Waals surface area contributed by atoms with Gasteiger partial charge in [0.05, 0.1) is 5.92 Å². The highest BCUT2D eigenvalue weighted by atomic mass is 16.5. The Morgan fingerprint density at radius 3 is 2.56 bits per heavy atom. The summed E-state index contributed by atoms with van der Waals surface area (Å²) >= 11 is 0. The molecule has 1 atom stereocenters. The average molecular weight is 453 g/mol. The van der Waals surface area contributed by atoms with Gasteiger partial charge in [0.25, 0.3) is 5.89 Å². The molecule has 0 radical (unpaired) electrons. The van der Waals surface area contributed by atoms with Crippen LogP contribution in [0.25, 0.3) is 22.8 Å². The summed E-state index contributed by atoms with van der Waals surface area (Å²) in [6, 6.07) is 22.9. The number of hydrogen-bond donors (Lipinski definition) is 1. The molecular weight excluding hydrogens is 428 g/mol. The van der Waals surface area contributed by atoms with E-state index in [4.69, 9.17) is 4.52 Å². The van der Waals surface area contributed by atoms with Gasteiger partial charge < -0.3 is 14.7 Å². The molecule has 0 aliphatic carbocycles. The Hall–Kier alpha value is -4.26. The quantitative estimate of drug-likeness (QED) is 0.460. The number of aromatic nitrogens is 2. The third-order valence-electron chi connectivity index (χ3n) is 5.92. The SMILES string of the molecule is Cc1ccc(-c2noc(-c3cccc(NC(=O)[C@H]4CC(=O)N(c5cccc(C)c5)C4)c3)n2)cc1. The fourth-order valence-electron chi connectivity index (χ4n) is 4.06. The summed E-state index contributed by atoms with van der Waals surface area (Å²) in [6.45, 7) is 4.36. The number of benzene rings is 3. The van der Waals surface area contributed by atoms with Crippen LogP contribution in [0, 0.1) is 19.8 Å². The van der Waals surface area contributed by atoms with Gasteiger partial charge in [-0.15, -0.1) is 0 Å². The summed E-state index contributed by atoms with van der Waals surface area (Å²) in [5.41, 5.74) is 5.23. The van der Waals surface area contributed by atoms with Crippen molar-refractivity contribution in [1.82, 2.24) is 10.1 Å². The Labute approximate surface area is 197 Å². The molecule has 2 heterocycles. The molecule has 0 unspecified atom stereocenters. The van der Waals surface area contributed by atoms with E-state index in [1.165, 1.54) is 0 Å². The molecule has 0 spiro atoms. The van der Waals surface area contributed by atoms with Gasteiger partial charge in [-0.25, -0.2) is 0 Å². The van der Waals surface area contributed by atoms with Gasteiger partial charge >= 0.3 is 0 Å². The Bertz CT molecular complexity index is 1360. The largest absolute Gasteiger partial charge is 0.334 e. The molecule has 5 rings (SSSR count). The van der Waals surface area contributed by atoms with Crippen molar-refractivity contribution in [2.75, 3.05) is 16.8 Å². The average Bonchev–Trinajstić information content (AvgIpc) is 3.47. The van der Waals surface area contributed by atoms with Crippen LogP contribution in [-0.2, 0) is 9.59 Å². The van der Waals surface area contributed by atoms with E-state index in [0.29, 0.717) is 29.5 Å². The summed E-state index contributed by atoms with van der Waals surface area (Å²) in [7, 11) is 0. The topological polar surface area (TPSA) is 88.3 Å². The molecule has 0 bridgehead atoms. The fraction of sp³-hybridized carbons (Fsp3) is 0.185. The standard InChI is InChI=1S/C27H24N4O3/c1-17-9-11-19(12-10-17)25-29-27(34-30-25)20-6-4-7-22(14-20)28-26(33)21-15-24(32)31(16-21)23-8-3-5-18(2)13-23/h3-14,21H,15-16H2,1-2H3,(H,28,33)/t21-/m0/s1. The minimum atomic E-state index is -0.423. The molecule has 170 valence electrons. The molecule has 1 fully saturated rings. The van der Waals surface area contributed by atoms with Gasteiger partial charge in [-0.05, 0) is 49.7 Å². The number of amides is 2. The molecule has 1 aliphatic heterocycles. The maximum absolute atomic E-state index is 12.9. The summed E-state index contributed by atoms with van der Waals surface area (Å²) in [6.07, 6.45) is 0.184. The predicted octanol–water partition coefficient (Wildman–Crippen LogP) is 5.01. The number of rotatable bonds is 5. The van der Waals surface area contributed by atoms with Crippen molar-refractivity contribution in [2.45, 2.75) is 20.3 Å². The zero-order chi connectivity index (χ0) is 23.7. The molecule has 34 heavy (non-hydrogen) atoms. The van der Waals surface area contributed by atoms with E-state index in [1.54, 1.807) is 17.0 Å². The van der Waals surface area contributed by atoms with Gasteiger partial charge in [0.15, 0.2) is 0 Å². The summed E-state index contributed by atoms with van der Waals surface area (Å²) in [4.78, 5) is 31.7. The minimum Gasteiger partial charge on any atom is -0.334 e. The van der Waals surface area contributed by atoms with E-state index >= 15 is 0 Å². The van der Waals surface area contributed by atoms with Gasteiger partial charge in [0, 0.05) is 35.5 Å². The first-order valence-electron chi connectivity index (χ1n) is 11.2. The number of nitrogens with one attached hydrogen (secondary N) is 1. The smallest absolute Gasteiger partial charge is 0.258 e. The lowest BCUT2D eigenvalue weighted by atomic mass is 10.1. The van der Waals surface area contributed by atoms with Gasteiger partial charge in [-0.1, -0.05) is 53.2 Å². The summed E-state index contributed by atoms with van der Waals surface area (Å²) < 4.78 is 5.46. The van der Waals surface area contributed by atoms with Gasteiger partial charge in [0.2, 0.25) is 17.6 Å². The molecule has 1 aromatic heterocycles. The van der Waals surface area contributed by atoms with E-state index in [0.717, 1.165) is 22.4 Å². The normalized spacial score (nSPS) is 15.5. The summed E-state index contributed by atoms with van der Waals surface area (Å²) in [5, 5.41) is 7.02. The maximum atomic E-state index is 12.9. The lowest BCUT2D eigenvalue weighted by Crippen LogP contribution is -2.28. The van der Waals surface area contributed by atoms with Crippen molar-refractivity contribution in [3.8, 4) is 22.8 Å². The minimum absolute atomic E-state index is 0.0472.